The van der Waals surface area contributed by atoms with Gasteiger partial charge in [-0.05, 0) is 29.8 Å². The molecule has 2 aromatic carbocycles. The van der Waals surface area contributed by atoms with Crippen LogP contribution < -0.4 is 10.1 Å². The number of anilines is 1. The van der Waals surface area contributed by atoms with E-state index in [2.05, 4.69) is 16.2 Å². The maximum Gasteiger partial charge on any atom is 0.272 e. The van der Waals surface area contributed by atoms with Crippen LogP contribution in [-0.2, 0) is 16.1 Å². The summed E-state index contributed by atoms with van der Waals surface area (Å²) >= 11 is 1.35. The summed E-state index contributed by atoms with van der Waals surface area (Å²) in [4.78, 5) is 28.2. The second-order valence-electron chi connectivity index (χ2n) is 5.73. The summed E-state index contributed by atoms with van der Waals surface area (Å²) in [5, 5.41) is 2.75. The number of carbonyl (C=O) groups excluding carboxylic acids is 2. The first-order chi connectivity index (χ1) is 13.1. The smallest absolute Gasteiger partial charge is 0.272 e. The molecule has 1 heterocycles. The van der Waals surface area contributed by atoms with Crippen LogP contribution in [0.25, 0.3) is 16.3 Å². The van der Waals surface area contributed by atoms with Crippen LogP contribution in [0.15, 0.2) is 59.6 Å². The van der Waals surface area contributed by atoms with Gasteiger partial charge in [-0.1, -0.05) is 47.6 Å². The van der Waals surface area contributed by atoms with Gasteiger partial charge in [-0.2, -0.15) is 4.99 Å². The number of carbonyl (C=O) groups is 2. The molecule has 0 saturated heterocycles. The van der Waals surface area contributed by atoms with Crippen molar-refractivity contribution < 1.29 is 9.59 Å². The van der Waals surface area contributed by atoms with E-state index in [0.717, 1.165) is 15.8 Å². The lowest BCUT2D eigenvalue weighted by molar-refractivity contribution is -0.114. The van der Waals surface area contributed by atoms with Crippen LogP contribution >= 0.6 is 11.3 Å². The van der Waals surface area contributed by atoms with Crippen molar-refractivity contribution in [1.82, 2.24) is 4.57 Å². The molecule has 27 heavy (non-hydrogen) atoms. The molecule has 0 aliphatic carbocycles. The van der Waals surface area contributed by atoms with Gasteiger partial charge in [-0.15, -0.1) is 6.42 Å². The number of fused-ring (bicyclic) bond motifs is 1. The summed E-state index contributed by atoms with van der Waals surface area (Å²) in [6, 6.07) is 15.0. The van der Waals surface area contributed by atoms with Crippen LogP contribution in [0.1, 0.15) is 12.5 Å². The van der Waals surface area contributed by atoms with Gasteiger partial charge < -0.3 is 9.88 Å². The predicted octanol–water partition coefficient (Wildman–Crippen LogP) is 3.44. The molecule has 1 N–H and O–H groups in total. The zero-order valence-electron chi connectivity index (χ0n) is 14.7. The number of aromatic nitrogens is 1. The number of thiazole rings is 1. The number of rotatable bonds is 4. The van der Waals surface area contributed by atoms with E-state index in [1.165, 1.54) is 24.3 Å². The van der Waals surface area contributed by atoms with Gasteiger partial charge in [-0.25, -0.2) is 0 Å². The standard InChI is InChI=1S/C21H17N3O2S/c1-3-13-24-18-11-10-17(22-15(2)25)14-19(18)27-21(24)23-20(26)12-9-16-7-5-4-6-8-16/h1,4-12,14H,13H2,2H3,(H,22,25)/b12-9+,23-21?. The van der Waals surface area contributed by atoms with Crippen molar-refractivity contribution in [1.29, 1.82) is 0 Å². The molecule has 5 nitrogen and oxygen atoms in total. The van der Waals surface area contributed by atoms with Gasteiger partial charge in [-0.3, -0.25) is 9.59 Å². The molecule has 2 amide bonds. The minimum absolute atomic E-state index is 0.145. The third-order valence-electron chi connectivity index (χ3n) is 3.68. The molecule has 0 saturated carbocycles. The molecular weight excluding hydrogens is 358 g/mol. The molecule has 0 spiro atoms. The van der Waals surface area contributed by atoms with Crippen LogP contribution in [0.2, 0.25) is 0 Å². The lowest BCUT2D eigenvalue weighted by Crippen LogP contribution is -2.15. The van der Waals surface area contributed by atoms with Crippen molar-refractivity contribution in [3.05, 3.63) is 65.0 Å². The Morgan fingerprint density at radius 3 is 2.74 bits per heavy atom. The molecule has 0 unspecified atom stereocenters. The summed E-state index contributed by atoms with van der Waals surface area (Å²) in [6.45, 7) is 1.75. The Bertz CT molecular complexity index is 1130. The highest BCUT2D eigenvalue weighted by Gasteiger charge is 2.08. The van der Waals surface area contributed by atoms with E-state index in [0.29, 0.717) is 17.0 Å². The fourth-order valence-corrected chi connectivity index (χ4v) is 3.62. The lowest BCUT2D eigenvalue weighted by atomic mass is 10.2. The minimum atomic E-state index is -0.363. The maximum absolute atomic E-state index is 12.3. The third-order valence-corrected chi connectivity index (χ3v) is 4.72. The topological polar surface area (TPSA) is 63.5 Å². The number of nitrogens with one attached hydrogen (secondary N) is 1. The van der Waals surface area contributed by atoms with Crippen LogP contribution in [0.4, 0.5) is 5.69 Å². The van der Waals surface area contributed by atoms with E-state index >= 15 is 0 Å². The molecule has 3 rings (SSSR count). The zero-order valence-corrected chi connectivity index (χ0v) is 15.5. The van der Waals surface area contributed by atoms with Gasteiger partial charge in [0, 0.05) is 18.7 Å². The summed E-state index contributed by atoms with van der Waals surface area (Å²) < 4.78 is 2.70. The van der Waals surface area contributed by atoms with E-state index < -0.39 is 0 Å². The van der Waals surface area contributed by atoms with Crippen LogP contribution in [0, 0.1) is 12.3 Å². The molecule has 0 aliphatic heterocycles. The van der Waals surface area contributed by atoms with Gasteiger partial charge in [0.1, 0.15) is 0 Å². The highest BCUT2D eigenvalue weighted by Crippen LogP contribution is 2.22. The first kappa shape index (κ1) is 18.4. The van der Waals surface area contributed by atoms with E-state index in [-0.39, 0.29) is 11.8 Å². The number of hydrogen-bond acceptors (Lipinski definition) is 3. The number of terminal acetylenes is 1. The molecule has 0 aliphatic rings. The minimum Gasteiger partial charge on any atom is -0.326 e. The van der Waals surface area contributed by atoms with E-state index in [4.69, 9.17) is 6.42 Å². The predicted molar refractivity (Wildman–Crippen MR) is 109 cm³/mol. The van der Waals surface area contributed by atoms with Gasteiger partial charge in [0.05, 0.1) is 16.8 Å². The summed E-state index contributed by atoms with van der Waals surface area (Å²) in [5.74, 6) is 2.08. The van der Waals surface area contributed by atoms with Crippen molar-refractivity contribution in [2.45, 2.75) is 13.5 Å². The van der Waals surface area contributed by atoms with Crippen molar-refractivity contribution >= 4 is 45.1 Å². The van der Waals surface area contributed by atoms with E-state index in [9.17, 15) is 9.59 Å². The Hall–Kier alpha value is -3.43. The average molecular weight is 375 g/mol. The monoisotopic (exact) mass is 375 g/mol. The van der Waals surface area contributed by atoms with Gasteiger partial charge in [0.2, 0.25) is 5.91 Å². The Balaban J connectivity index is 1.98. The fourth-order valence-electron chi connectivity index (χ4n) is 2.55. The van der Waals surface area contributed by atoms with Gasteiger partial charge in [0.25, 0.3) is 5.91 Å². The molecule has 134 valence electrons. The van der Waals surface area contributed by atoms with Crippen molar-refractivity contribution in [3.63, 3.8) is 0 Å². The Morgan fingerprint density at radius 1 is 1.26 bits per heavy atom. The maximum atomic E-state index is 12.3. The molecule has 6 heteroatoms. The fraction of sp³-hybridized carbons (Fsp3) is 0.0952. The second kappa shape index (κ2) is 8.30. The summed E-state index contributed by atoms with van der Waals surface area (Å²) in [7, 11) is 0. The number of benzene rings is 2. The lowest BCUT2D eigenvalue weighted by Gasteiger charge is -2.03. The van der Waals surface area contributed by atoms with E-state index in [1.807, 2.05) is 47.0 Å². The molecule has 0 radical (unpaired) electrons. The third kappa shape index (κ3) is 4.60. The molecule has 3 aromatic rings. The second-order valence-corrected chi connectivity index (χ2v) is 6.74. The van der Waals surface area contributed by atoms with Crippen LogP contribution in [0.5, 0.6) is 0 Å². The molecular formula is C21H17N3O2S. The normalized spacial score (nSPS) is 11.6. The molecule has 1 aromatic heterocycles. The first-order valence-electron chi connectivity index (χ1n) is 8.23. The first-order valence-corrected chi connectivity index (χ1v) is 9.05. The summed E-state index contributed by atoms with van der Waals surface area (Å²) in [6.07, 6.45) is 8.63. The molecule has 0 atom stereocenters. The van der Waals surface area contributed by atoms with E-state index in [1.54, 1.807) is 12.1 Å². The molecule has 0 bridgehead atoms. The highest BCUT2D eigenvalue weighted by molar-refractivity contribution is 7.16. The number of nitrogens with zero attached hydrogens (tertiary/aromatic N) is 2. The number of amides is 2. The molecule has 0 fully saturated rings. The average Bonchev–Trinajstić information content (AvgIpc) is 2.97. The number of hydrogen-bond donors (Lipinski definition) is 1. The zero-order chi connectivity index (χ0) is 19.2. The Kier molecular flexibility index (Phi) is 5.64. The Morgan fingerprint density at radius 2 is 2.04 bits per heavy atom. The Labute approximate surface area is 160 Å². The SMILES string of the molecule is C#CCn1c(=NC(=O)/C=C/c2ccccc2)sc2cc(NC(C)=O)ccc21. The van der Waals surface area contributed by atoms with Crippen molar-refractivity contribution in [3.8, 4) is 12.3 Å². The van der Waals surface area contributed by atoms with Gasteiger partial charge >= 0.3 is 0 Å². The van der Waals surface area contributed by atoms with Crippen LogP contribution in [0.3, 0.4) is 0 Å². The quantitative estimate of drug-likeness (QED) is 0.561. The van der Waals surface area contributed by atoms with Gasteiger partial charge in [0.15, 0.2) is 4.80 Å². The highest BCUT2D eigenvalue weighted by atomic mass is 32.1. The van der Waals surface area contributed by atoms with Crippen molar-refractivity contribution in [2.75, 3.05) is 5.32 Å². The summed E-state index contributed by atoms with van der Waals surface area (Å²) in [5.41, 5.74) is 2.48. The van der Waals surface area contributed by atoms with Crippen LogP contribution in [-0.4, -0.2) is 16.4 Å². The van der Waals surface area contributed by atoms with Crippen molar-refractivity contribution in [2.24, 2.45) is 4.99 Å². The largest absolute Gasteiger partial charge is 0.326 e.